The zero-order valence-corrected chi connectivity index (χ0v) is 28.9. The van der Waals surface area contributed by atoms with Gasteiger partial charge in [-0.25, -0.2) is 0 Å². The molecule has 8 atom stereocenters. The Morgan fingerprint density at radius 1 is 0.467 bits per heavy atom. The Bertz CT molecular complexity index is 767. The van der Waals surface area contributed by atoms with Gasteiger partial charge in [-0.3, -0.25) is 9.59 Å². The average molecular weight is 635 g/mol. The van der Waals surface area contributed by atoms with Crippen LogP contribution in [0.5, 0.6) is 0 Å². The lowest BCUT2D eigenvalue weighted by Crippen LogP contribution is -2.37. The van der Waals surface area contributed by atoms with Gasteiger partial charge < -0.3 is 23.7 Å². The van der Waals surface area contributed by atoms with Gasteiger partial charge in [0.2, 0.25) is 0 Å². The zero-order valence-electron chi connectivity index (χ0n) is 28.9. The average Bonchev–Trinajstić information content (AvgIpc) is 3.95. The van der Waals surface area contributed by atoms with E-state index in [0.717, 1.165) is 38.5 Å². The molecule has 45 heavy (non-hydrogen) atoms. The number of unbranched alkanes of at least 4 members (excludes halogenated alkanes) is 14. The first-order valence-electron chi connectivity index (χ1n) is 19.4. The molecule has 0 aromatic rings. The van der Waals surface area contributed by atoms with Crippen LogP contribution >= 0.6 is 0 Å². The first kappa shape index (κ1) is 36.7. The number of hydrogen-bond acceptors (Lipinski definition) is 7. The summed E-state index contributed by atoms with van der Waals surface area (Å²) in [6, 6.07) is 0. The van der Waals surface area contributed by atoms with Crippen molar-refractivity contribution in [3.8, 4) is 0 Å². The highest BCUT2D eigenvalue weighted by molar-refractivity contribution is 5.82. The Labute approximate surface area is 274 Å². The van der Waals surface area contributed by atoms with Crippen molar-refractivity contribution in [1.82, 2.24) is 0 Å². The third-order valence-electron chi connectivity index (χ3n) is 10.6. The predicted octanol–water partition coefficient (Wildman–Crippen LogP) is 9.02. The lowest BCUT2D eigenvalue weighted by Gasteiger charge is -2.26. The molecule has 0 radical (unpaired) electrons. The Morgan fingerprint density at radius 2 is 0.800 bits per heavy atom. The van der Waals surface area contributed by atoms with Crippen LogP contribution in [0.4, 0.5) is 0 Å². The molecule has 0 aromatic heterocycles. The monoisotopic (exact) mass is 634 g/mol. The van der Waals surface area contributed by atoms with E-state index in [1.54, 1.807) is 0 Å². The molecule has 1 aliphatic carbocycles. The van der Waals surface area contributed by atoms with Crippen LogP contribution in [-0.4, -0.2) is 61.8 Å². The fraction of sp³-hybridized carbons (Fsp3) is 0.947. The number of ether oxygens (including phenoxy) is 5. The molecule has 3 heterocycles. The first-order chi connectivity index (χ1) is 22.1. The van der Waals surface area contributed by atoms with Crippen molar-refractivity contribution in [3.63, 3.8) is 0 Å². The first-order valence-corrected chi connectivity index (χ1v) is 19.4. The molecule has 7 heteroatoms. The minimum absolute atomic E-state index is 0.107. The molecule has 4 aliphatic rings. The summed E-state index contributed by atoms with van der Waals surface area (Å²) in [6.45, 7) is 5.38. The fourth-order valence-corrected chi connectivity index (χ4v) is 7.38. The molecule has 3 aliphatic heterocycles. The van der Waals surface area contributed by atoms with Gasteiger partial charge in [0.05, 0.1) is 61.7 Å². The summed E-state index contributed by atoms with van der Waals surface area (Å²) >= 11 is 0. The summed E-state index contributed by atoms with van der Waals surface area (Å²) in [5.41, 5.74) is 0. The summed E-state index contributed by atoms with van der Waals surface area (Å²) in [5, 5.41) is 0. The van der Waals surface area contributed by atoms with E-state index in [2.05, 4.69) is 13.8 Å². The lowest BCUT2D eigenvalue weighted by atomic mass is 9.79. The normalized spacial score (nSPS) is 29.6. The van der Waals surface area contributed by atoms with Gasteiger partial charge in [0, 0.05) is 0 Å². The van der Waals surface area contributed by atoms with Crippen LogP contribution in [0, 0.1) is 11.8 Å². The largest absolute Gasteiger partial charge is 0.465 e. The molecule has 0 amide bonds. The van der Waals surface area contributed by atoms with Gasteiger partial charge in [0.1, 0.15) is 0 Å². The van der Waals surface area contributed by atoms with Crippen LogP contribution in [0.2, 0.25) is 0 Å². The Morgan fingerprint density at radius 3 is 1.18 bits per heavy atom. The molecule has 0 bridgehead atoms. The highest BCUT2D eigenvalue weighted by atomic mass is 16.6. The van der Waals surface area contributed by atoms with E-state index in [1.807, 2.05) is 0 Å². The van der Waals surface area contributed by atoms with Crippen molar-refractivity contribution >= 4 is 11.9 Å². The number of rotatable bonds is 28. The molecular weight excluding hydrogens is 568 g/mol. The van der Waals surface area contributed by atoms with Gasteiger partial charge in [-0.05, 0) is 51.4 Å². The maximum atomic E-state index is 13.0. The smallest absolute Gasteiger partial charge is 0.309 e. The van der Waals surface area contributed by atoms with Crippen molar-refractivity contribution < 1.29 is 33.3 Å². The Kier molecular flexibility index (Phi) is 17.0. The second kappa shape index (κ2) is 20.9. The number of hydrogen-bond donors (Lipinski definition) is 0. The van der Waals surface area contributed by atoms with Crippen LogP contribution in [0.25, 0.3) is 0 Å². The predicted molar refractivity (Wildman–Crippen MR) is 177 cm³/mol. The van der Waals surface area contributed by atoms with Crippen molar-refractivity contribution in [2.75, 3.05) is 13.2 Å². The van der Waals surface area contributed by atoms with E-state index in [9.17, 15) is 9.59 Å². The van der Waals surface area contributed by atoms with Crippen LogP contribution in [-0.2, 0) is 33.3 Å². The summed E-state index contributed by atoms with van der Waals surface area (Å²) < 4.78 is 28.7. The number of fused-ring (bicyclic) bond motifs is 1. The maximum Gasteiger partial charge on any atom is 0.309 e. The number of carbonyl (C=O) groups is 2. The number of epoxide rings is 3. The third kappa shape index (κ3) is 14.2. The van der Waals surface area contributed by atoms with Crippen molar-refractivity contribution in [2.45, 2.75) is 205 Å². The molecule has 1 saturated carbocycles. The minimum Gasteiger partial charge on any atom is -0.465 e. The quantitative estimate of drug-likeness (QED) is 0.0482. The summed E-state index contributed by atoms with van der Waals surface area (Å²) in [7, 11) is 0. The minimum atomic E-state index is -0.435. The van der Waals surface area contributed by atoms with E-state index in [0.29, 0.717) is 50.5 Å². The van der Waals surface area contributed by atoms with Gasteiger partial charge in [-0.15, -0.1) is 0 Å². The topological polar surface area (TPSA) is 90.2 Å². The van der Waals surface area contributed by atoms with E-state index < -0.39 is 11.8 Å². The highest BCUT2D eigenvalue weighted by Crippen LogP contribution is 2.44. The standard InChI is InChI=1S/C38H66O7/c1-3-5-7-15-21-31-33(43-31)23-17-11-9-13-19-25-41-37(39)29-27-35-36(45-35)28-30(29)38(40)42-26-20-14-10-12-18-24-34-32(44-34)22-16-8-6-4-2/h29-36H,3-28H2,1-2H3. The highest BCUT2D eigenvalue weighted by Gasteiger charge is 2.53. The molecule has 4 rings (SSSR count). The summed E-state index contributed by atoms with van der Waals surface area (Å²) in [6.07, 6.45) is 29.9. The van der Waals surface area contributed by atoms with Gasteiger partial charge in [0.15, 0.2) is 0 Å². The summed E-state index contributed by atoms with van der Waals surface area (Å²) in [5.74, 6) is -1.36. The zero-order chi connectivity index (χ0) is 31.7. The molecule has 8 unspecified atom stereocenters. The SMILES string of the molecule is CCCCCCC1OC1CCCCCCCOC(=O)C1CC2OC2CC1C(=O)OCCCCCCCC1OC1CCCCCC. The molecular formula is C38H66O7. The number of esters is 2. The van der Waals surface area contributed by atoms with Gasteiger partial charge in [-0.2, -0.15) is 0 Å². The Balaban J connectivity index is 0.962. The van der Waals surface area contributed by atoms with Crippen LogP contribution in [0.15, 0.2) is 0 Å². The molecule has 0 N–H and O–H groups in total. The van der Waals surface area contributed by atoms with Gasteiger partial charge in [-0.1, -0.05) is 117 Å². The second-order valence-corrected chi connectivity index (χ2v) is 14.5. The van der Waals surface area contributed by atoms with Gasteiger partial charge in [0.25, 0.3) is 0 Å². The van der Waals surface area contributed by atoms with Gasteiger partial charge >= 0.3 is 11.9 Å². The Hall–Kier alpha value is -1.18. The molecule has 3 saturated heterocycles. The van der Waals surface area contributed by atoms with Crippen LogP contribution < -0.4 is 0 Å². The van der Waals surface area contributed by atoms with E-state index in [4.69, 9.17) is 23.7 Å². The lowest BCUT2D eigenvalue weighted by molar-refractivity contribution is -0.162. The van der Waals surface area contributed by atoms with Crippen molar-refractivity contribution in [3.05, 3.63) is 0 Å². The fourth-order valence-electron chi connectivity index (χ4n) is 7.38. The van der Waals surface area contributed by atoms with E-state index in [1.165, 1.54) is 103 Å². The molecule has 4 fully saturated rings. The van der Waals surface area contributed by atoms with E-state index in [-0.39, 0.29) is 24.1 Å². The molecule has 0 spiro atoms. The second-order valence-electron chi connectivity index (χ2n) is 14.5. The molecule has 0 aromatic carbocycles. The van der Waals surface area contributed by atoms with Crippen LogP contribution in [0.3, 0.4) is 0 Å². The molecule has 7 nitrogen and oxygen atoms in total. The molecule has 260 valence electrons. The number of carbonyl (C=O) groups excluding carboxylic acids is 2. The summed E-state index contributed by atoms with van der Waals surface area (Å²) in [4.78, 5) is 25.9. The third-order valence-corrected chi connectivity index (χ3v) is 10.6. The van der Waals surface area contributed by atoms with Crippen molar-refractivity contribution in [2.24, 2.45) is 11.8 Å². The van der Waals surface area contributed by atoms with Crippen LogP contribution in [0.1, 0.15) is 168 Å². The maximum absolute atomic E-state index is 13.0. The van der Waals surface area contributed by atoms with E-state index >= 15 is 0 Å². The van der Waals surface area contributed by atoms with Crippen molar-refractivity contribution in [1.29, 1.82) is 0 Å².